The minimum atomic E-state index is -4.37. The molecule has 0 unspecified atom stereocenters. The summed E-state index contributed by atoms with van der Waals surface area (Å²) >= 11 is 0. The van der Waals surface area contributed by atoms with Crippen molar-refractivity contribution < 1.29 is 22.7 Å². The number of hydrogen-bond acceptors (Lipinski definition) is 4. The van der Waals surface area contributed by atoms with Gasteiger partial charge in [0.15, 0.2) is 5.75 Å². The maximum absolute atomic E-state index is 12.9. The molecule has 0 atom stereocenters. The highest BCUT2D eigenvalue weighted by Gasteiger charge is 2.32. The van der Waals surface area contributed by atoms with Crippen molar-refractivity contribution in [1.29, 1.82) is 0 Å². The molecule has 2 aromatic carbocycles. The molecule has 4 nitrogen and oxygen atoms in total. The maximum Gasteiger partial charge on any atom is 0.416 e. The standard InChI is InChI=1S/C22H19F3N2O2/c23-22(24,25)17-6-2-7-18(14-17)27-12-9-16(10-13-27)21(28)29-19-8-1-4-15-5-3-11-26-20(15)19/h1-8,11,14,16H,9-10,12-13H2. The van der Waals surface area contributed by atoms with E-state index < -0.39 is 11.7 Å². The fraction of sp³-hybridized carbons (Fsp3) is 0.273. The van der Waals surface area contributed by atoms with Gasteiger partial charge in [0, 0.05) is 30.4 Å². The number of alkyl halides is 3. The summed E-state index contributed by atoms with van der Waals surface area (Å²) in [5.74, 6) is -0.198. The Bertz CT molecular complexity index is 1020. The molecule has 0 N–H and O–H groups in total. The highest BCUT2D eigenvalue weighted by Crippen LogP contribution is 2.33. The summed E-state index contributed by atoms with van der Waals surface area (Å²) < 4.78 is 44.4. The molecule has 0 radical (unpaired) electrons. The van der Waals surface area contributed by atoms with Crippen molar-refractivity contribution in [2.45, 2.75) is 19.0 Å². The molecule has 1 aliphatic rings. The molecule has 7 heteroatoms. The Kier molecular flexibility index (Phi) is 5.13. The van der Waals surface area contributed by atoms with Gasteiger partial charge in [0.2, 0.25) is 0 Å². The van der Waals surface area contributed by atoms with Crippen LogP contribution in [0, 0.1) is 5.92 Å². The molecule has 2 heterocycles. The van der Waals surface area contributed by atoms with E-state index in [2.05, 4.69) is 4.98 Å². The molecule has 1 fully saturated rings. The zero-order valence-electron chi connectivity index (χ0n) is 15.5. The second-order valence-electron chi connectivity index (χ2n) is 7.06. The normalized spacial score (nSPS) is 15.5. The minimum Gasteiger partial charge on any atom is -0.424 e. The fourth-order valence-corrected chi connectivity index (χ4v) is 3.60. The molecule has 0 amide bonds. The van der Waals surface area contributed by atoms with Crippen molar-refractivity contribution >= 4 is 22.6 Å². The number of rotatable bonds is 3. The van der Waals surface area contributed by atoms with Crippen molar-refractivity contribution in [2.75, 3.05) is 18.0 Å². The van der Waals surface area contributed by atoms with Crippen molar-refractivity contribution in [2.24, 2.45) is 5.92 Å². The maximum atomic E-state index is 12.9. The minimum absolute atomic E-state index is 0.295. The number of benzene rings is 2. The zero-order valence-corrected chi connectivity index (χ0v) is 15.5. The van der Waals surface area contributed by atoms with Crippen LogP contribution in [0.3, 0.4) is 0 Å². The smallest absolute Gasteiger partial charge is 0.416 e. The van der Waals surface area contributed by atoms with Crippen LogP contribution in [-0.2, 0) is 11.0 Å². The van der Waals surface area contributed by atoms with Crippen LogP contribution >= 0.6 is 0 Å². The van der Waals surface area contributed by atoms with E-state index in [0.717, 1.165) is 17.5 Å². The van der Waals surface area contributed by atoms with Crippen molar-refractivity contribution in [3.63, 3.8) is 0 Å². The average Bonchev–Trinajstić information content (AvgIpc) is 2.73. The van der Waals surface area contributed by atoms with E-state index in [1.54, 1.807) is 18.3 Å². The van der Waals surface area contributed by atoms with Gasteiger partial charge in [0.1, 0.15) is 5.52 Å². The fourth-order valence-electron chi connectivity index (χ4n) is 3.60. The number of ether oxygens (including phenoxy) is 1. The summed E-state index contributed by atoms with van der Waals surface area (Å²) in [5, 5.41) is 0.886. The highest BCUT2D eigenvalue weighted by atomic mass is 19.4. The number of esters is 1. The molecule has 4 rings (SSSR count). The summed E-state index contributed by atoms with van der Waals surface area (Å²) in [6.45, 7) is 0.990. The lowest BCUT2D eigenvalue weighted by atomic mass is 9.96. The van der Waals surface area contributed by atoms with E-state index in [0.29, 0.717) is 42.9 Å². The second kappa shape index (κ2) is 7.73. The second-order valence-corrected chi connectivity index (χ2v) is 7.06. The Labute approximate surface area is 165 Å². The number of hydrogen-bond donors (Lipinski definition) is 0. The lowest BCUT2D eigenvalue weighted by molar-refractivity contribution is -0.139. The zero-order chi connectivity index (χ0) is 20.4. The third kappa shape index (κ3) is 4.18. The van der Waals surface area contributed by atoms with Crippen LogP contribution in [0.4, 0.5) is 18.9 Å². The predicted octanol–water partition coefficient (Wildman–Crippen LogP) is 5.08. The van der Waals surface area contributed by atoms with Crippen LogP contribution in [-0.4, -0.2) is 24.0 Å². The quantitative estimate of drug-likeness (QED) is 0.454. The van der Waals surface area contributed by atoms with Gasteiger partial charge in [-0.05, 0) is 43.2 Å². The molecule has 0 saturated carbocycles. The van der Waals surface area contributed by atoms with Crippen molar-refractivity contribution in [3.05, 3.63) is 66.4 Å². The number of anilines is 1. The van der Waals surface area contributed by atoms with E-state index >= 15 is 0 Å². The van der Waals surface area contributed by atoms with Gasteiger partial charge in [-0.25, -0.2) is 0 Å². The van der Waals surface area contributed by atoms with E-state index in [1.165, 1.54) is 6.07 Å². The first-order valence-corrected chi connectivity index (χ1v) is 9.39. The van der Waals surface area contributed by atoms with Crippen molar-refractivity contribution in [1.82, 2.24) is 4.98 Å². The molecule has 0 spiro atoms. The molecule has 150 valence electrons. The topological polar surface area (TPSA) is 42.4 Å². The first kappa shape index (κ1) is 19.2. The molecular formula is C22H19F3N2O2. The predicted molar refractivity (Wildman–Crippen MR) is 104 cm³/mol. The van der Waals surface area contributed by atoms with E-state index in [4.69, 9.17) is 4.74 Å². The molecule has 0 aliphatic carbocycles. The summed E-state index contributed by atoms with van der Waals surface area (Å²) in [4.78, 5) is 18.8. The van der Waals surface area contributed by atoms with E-state index in [9.17, 15) is 18.0 Å². The van der Waals surface area contributed by atoms with Crippen LogP contribution in [0.15, 0.2) is 60.8 Å². The number of carbonyl (C=O) groups excluding carboxylic acids is 1. The number of aromatic nitrogens is 1. The molecule has 3 aromatic rings. The summed E-state index contributed by atoms with van der Waals surface area (Å²) in [6.07, 6.45) is -1.68. The third-order valence-corrected chi connectivity index (χ3v) is 5.17. The lowest BCUT2D eigenvalue weighted by Crippen LogP contribution is -2.37. The Morgan fingerprint density at radius 3 is 2.52 bits per heavy atom. The molecule has 1 aromatic heterocycles. The number of para-hydroxylation sites is 1. The molecule has 29 heavy (non-hydrogen) atoms. The van der Waals surface area contributed by atoms with Gasteiger partial charge in [-0.1, -0.05) is 24.3 Å². The number of carbonyl (C=O) groups is 1. The van der Waals surface area contributed by atoms with Crippen LogP contribution in [0.2, 0.25) is 0 Å². The first-order valence-electron chi connectivity index (χ1n) is 9.39. The molecule has 1 saturated heterocycles. The first-order chi connectivity index (χ1) is 13.9. The van der Waals surface area contributed by atoms with Gasteiger partial charge in [-0.2, -0.15) is 13.2 Å². The summed E-state index contributed by atoms with van der Waals surface area (Å²) in [7, 11) is 0. The van der Waals surface area contributed by atoms with Gasteiger partial charge in [0.05, 0.1) is 11.5 Å². The van der Waals surface area contributed by atoms with Gasteiger partial charge in [-0.3, -0.25) is 9.78 Å². The highest BCUT2D eigenvalue weighted by molar-refractivity contribution is 5.87. The number of pyridine rings is 1. The van der Waals surface area contributed by atoms with Crippen molar-refractivity contribution in [3.8, 4) is 5.75 Å². The van der Waals surface area contributed by atoms with E-state index in [1.807, 2.05) is 29.2 Å². The van der Waals surface area contributed by atoms with Crippen LogP contribution in [0.25, 0.3) is 10.9 Å². The molecule has 1 aliphatic heterocycles. The van der Waals surface area contributed by atoms with Gasteiger partial charge >= 0.3 is 12.1 Å². The Morgan fingerprint density at radius 2 is 1.76 bits per heavy atom. The number of halogens is 3. The molecule has 0 bridgehead atoms. The number of nitrogens with zero attached hydrogens (tertiary/aromatic N) is 2. The number of fused-ring (bicyclic) bond motifs is 1. The Morgan fingerprint density at radius 1 is 1.03 bits per heavy atom. The monoisotopic (exact) mass is 400 g/mol. The Hall–Kier alpha value is -3.09. The number of piperidine rings is 1. The van der Waals surface area contributed by atoms with Gasteiger partial charge < -0.3 is 9.64 Å². The largest absolute Gasteiger partial charge is 0.424 e. The SMILES string of the molecule is O=C(Oc1cccc2cccnc12)C1CCN(c2cccc(C(F)(F)F)c2)CC1. The summed E-state index contributed by atoms with van der Waals surface area (Å²) in [6, 6.07) is 14.4. The molecular weight excluding hydrogens is 381 g/mol. The van der Waals surface area contributed by atoms with Crippen LogP contribution in [0.1, 0.15) is 18.4 Å². The van der Waals surface area contributed by atoms with Gasteiger partial charge in [-0.15, -0.1) is 0 Å². The van der Waals surface area contributed by atoms with Crippen LogP contribution in [0.5, 0.6) is 5.75 Å². The van der Waals surface area contributed by atoms with Gasteiger partial charge in [0.25, 0.3) is 0 Å². The average molecular weight is 400 g/mol. The van der Waals surface area contributed by atoms with Crippen LogP contribution < -0.4 is 9.64 Å². The lowest BCUT2D eigenvalue weighted by Gasteiger charge is -2.32. The third-order valence-electron chi connectivity index (χ3n) is 5.17. The Balaban J connectivity index is 1.41. The van der Waals surface area contributed by atoms with E-state index in [-0.39, 0.29) is 11.9 Å². The summed E-state index contributed by atoms with van der Waals surface area (Å²) in [5.41, 5.74) is 0.481.